The summed E-state index contributed by atoms with van der Waals surface area (Å²) in [6, 6.07) is 2.74. The van der Waals surface area contributed by atoms with Crippen molar-refractivity contribution in [3.05, 3.63) is 23.0 Å². The van der Waals surface area contributed by atoms with Crippen molar-refractivity contribution in [1.82, 2.24) is 14.8 Å². The van der Waals surface area contributed by atoms with Crippen molar-refractivity contribution in [2.45, 2.75) is 46.2 Å². The summed E-state index contributed by atoms with van der Waals surface area (Å²) >= 11 is 0. The maximum Gasteiger partial charge on any atom is 0.255 e. The zero-order valence-corrected chi connectivity index (χ0v) is 12.7. The maximum atomic E-state index is 12.6. The summed E-state index contributed by atoms with van der Waals surface area (Å²) in [5, 5.41) is 3.31. The number of carbonyl (C=O) groups is 1. The Balaban J connectivity index is 2.26. The minimum absolute atomic E-state index is 0.147. The number of nitrogens with one attached hydrogen (secondary N) is 1. The Morgan fingerprint density at radius 1 is 1.47 bits per heavy atom. The van der Waals surface area contributed by atoms with Gasteiger partial charge in [-0.15, -0.1) is 0 Å². The molecule has 19 heavy (non-hydrogen) atoms. The fourth-order valence-corrected chi connectivity index (χ4v) is 3.11. The number of aryl methyl sites for hydroxylation is 1. The Morgan fingerprint density at radius 2 is 2.16 bits per heavy atom. The van der Waals surface area contributed by atoms with Crippen LogP contribution in [0.25, 0.3) is 0 Å². The molecular weight excluding hydrogens is 238 g/mol. The molecule has 1 fully saturated rings. The summed E-state index contributed by atoms with van der Waals surface area (Å²) in [6.45, 7) is 10.3. The van der Waals surface area contributed by atoms with Gasteiger partial charge >= 0.3 is 0 Å². The van der Waals surface area contributed by atoms with Crippen LogP contribution in [0.1, 0.15) is 48.1 Å². The van der Waals surface area contributed by atoms with Crippen LogP contribution in [0, 0.1) is 13.8 Å². The first kappa shape index (κ1) is 14.1. The van der Waals surface area contributed by atoms with E-state index < -0.39 is 0 Å². The number of carbonyl (C=O) groups excluding carboxylic acids is 1. The van der Waals surface area contributed by atoms with Crippen LogP contribution >= 0.6 is 0 Å². The first-order valence-electron chi connectivity index (χ1n) is 7.09. The number of hydrogen-bond donors (Lipinski definition) is 1. The molecule has 2 rings (SSSR count). The molecule has 4 heteroatoms. The average Bonchev–Trinajstić information content (AvgIpc) is 2.95. The number of hydrogen-bond acceptors (Lipinski definition) is 2. The maximum absolute atomic E-state index is 12.6. The molecule has 4 nitrogen and oxygen atoms in total. The average molecular weight is 263 g/mol. The molecule has 1 unspecified atom stereocenters. The third kappa shape index (κ3) is 2.54. The normalized spacial score (nSPS) is 19.2. The predicted octanol–water partition coefficient (Wildman–Crippen LogP) is 2.12. The first-order valence-corrected chi connectivity index (χ1v) is 7.09. The van der Waals surface area contributed by atoms with E-state index in [9.17, 15) is 4.79 Å². The number of rotatable bonds is 3. The lowest BCUT2D eigenvalue weighted by molar-refractivity contribution is 0.0743. The Kier molecular flexibility index (Phi) is 3.99. The quantitative estimate of drug-likeness (QED) is 0.907. The standard InChI is InChI=1S/C15H25N3O/c1-10(2)18-11(3)8-14(12(18)4)15(19)17(5)13-6-7-16-9-13/h8,10,13,16H,6-7,9H2,1-5H3. The second-order valence-electron chi connectivity index (χ2n) is 5.81. The van der Waals surface area contributed by atoms with Gasteiger partial charge in [-0.05, 0) is 46.7 Å². The molecule has 1 aliphatic rings. The van der Waals surface area contributed by atoms with Gasteiger partial charge in [-0.2, -0.15) is 0 Å². The number of nitrogens with zero attached hydrogens (tertiary/aromatic N) is 2. The Bertz CT molecular complexity index is 470. The van der Waals surface area contributed by atoms with Crippen LogP contribution in [-0.4, -0.2) is 41.6 Å². The van der Waals surface area contributed by atoms with Gasteiger partial charge in [-0.1, -0.05) is 0 Å². The van der Waals surface area contributed by atoms with E-state index in [-0.39, 0.29) is 5.91 Å². The second kappa shape index (κ2) is 5.37. The van der Waals surface area contributed by atoms with Crippen LogP contribution in [-0.2, 0) is 0 Å². The number of likely N-dealkylation sites (N-methyl/N-ethyl adjacent to an activating group) is 1. The van der Waals surface area contributed by atoms with Crippen molar-refractivity contribution in [1.29, 1.82) is 0 Å². The van der Waals surface area contributed by atoms with Gasteiger partial charge in [0.1, 0.15) is 0 Å². The zero-order valence-electron chi connectivity index (χ0n) is 12.7. The summed E-state index contributed by atoms with van der Waals surface area (Å²) in [5.74, 6) is 0.147. The fraction of sp³-hybridized carbons (Fsp3) is 0.667. The molecule has 1 aromatic heterocycles. The first-order chi connectivity index (χ1) is 8.93. The van der Waals surface area contributed by atoms with E-state index in [1.165, 1.54) is 0 Å². The minimum Gasteiger partial charge on any atom is -0.346 e. The molecule has 1 saturated heterocycles. The Morgan fingerprint density at radius 3 is 2.63 bits per heavy atom. The van der Waals surface area contributed by atoms with Crippen molar-refractivity contribution in [2.24, 2.45) is 0 Å². The molecule has 0 aliphatic carbocycles. The number of aromatic nitrogens is 1. The molecule has 0 saturated carbocycles. The minimum atomic E-state index is 0.147. The van der Waals surface area contributed by atoms with E-state index in [1.54, 1.807) is 0 Å². The molecule has 0 aromatic carbocycles. The highest BCUT2D eigenvalue weighted by Crippen LogP contribution is 2.22. The molecule has 106 valence electrons. The van der Waals surface area contributed by atoms with Gasteiger partial charge in [-0.25, -0.2) is 0 Å². The summed E-state index contributed by atoms with van der Waals surface area (Å²) in [4.78, 5) is 14.5. The Hall–Kier alpha value is -1.29. The van der Waals surface area contributed by atoms with Crippen LogP contribution in [0.15, 0.2) is 6.07 Å². The number of amides is 1. The van der Waals surface area contributed by atoms with Crippen LogP contribution in [0.3, 0.4) is 0 Å². The predicted molar refractivity (Wildman–Crippen MR) is 77.7 cm³/mol. The molecule has 1 atom stereocenters. The summed E-state index contributed by atoms with van der Waals surface area (Å²) in [5.41, 5.74) is 3.09. The molecule has 1 aliphatic heterocycles. The van der Waals surface area contributed by atoms with Gasteiger partial charge in [0.25, 0.3) is 5.91 Å². The zero-order chi connectivity index (χ0) is 14.2. The van der Waals surface area contributed by atoms with Gasteiger partial charge in [0.05, 0.1) is 5.56 Å². The van der Waals surface area contributed by atoms with Gasteiger partial charge in [0, 0.05) is 37.1 Å². The highest BCUT2D eigenvalue weighted by Gasteiger charge is 2.26. The monoisotopic (exact) mass is 263 g/mol. The summed E-state index contributed by atoms with van der Waals surface area (Å²) < 4.78 is 2.23. The van der Waals surface area contributed by atoms with Gasteiger partial charge in [0.2, 0.25) is 0 Å². The van der Waals surface area contributed by atoms with E-state index in [0.717, 1.165) is 36.5 Å². The van der Waals surface area contributed by atoms with Crippen LogP contribution in [0.5, 0.6) is 0 Å². The van der Waals surface area contributed by atoms with Crippen LogP contribution < -0.4 is 5.32 Å². The highest BCUT2D eigenvalue weighted by molar-refractivity contribution is 5.95. The highest BCUT2D eigenvalue weighted by atomic mass is 16.2. The smallest absolute Gasteiger partial charge is 0.255 e. The fourth-order valence-electron chi connectivity index (χ4n) is 3.11. The van der Waals surface area contributed by atoms with Crippen LogP contribution in [0.2, 0.25) is 0 Å². The van der Waals surface area contributed by atoms with E-state index in [0.29, 0.717) is 12.1 Å². The molecular formula is C15H25N3O. The molecule has 0 radical (unpaired) electrons. The third-order valence-electron chi connectivity index (χ3n) is 4.13. The molecule has 0 spiro atoms. The van der Waals surface area contributed by atoms with Crippen molar-refractivity contribution < 1.29 is 4.79 Å². The lowest BCUT2D eigenvalue weighted by atomic mass is 10.1. The lowest BCUT2D eigenvalue weighted by Crippen LogP contribution is -2.38. The van der Waals surface area contributed by atoms with Gasteiger partial charge in [-0.3, -0.25) is 4.79 Å². The van der Waals surface area contributed by atoms with Gasteiger partial charge < -0.3 is 14.8 Å². The molecule has 1 N–H and O–H groups in total. The van der Waals surface area contributed by atoms with Crippen molar-refractivity contribution in [3.63, 3.8) is 0 Å². The van der Waals surface area contributed by atoms with E-state index in [4.69, 9.17) is 0 Å². The van der Waals surface area contributed by atoms with Crippen molar-refractivity contribution >= 4 is 5.91 Å². The molecule has 2 heterocycles. The van der Waals surface area contributed by atoms with E-state index in [1.807, 2.05) is 24.9 Å². The van der Waals surface area contributed by atoms with Crippen molar-refractivity contribution in [2.75, 3.05) is 20.1 Å². The summed E-state index contributed by atoms with van der Waals surface area (Å²) in [6.07, 6.45) is 1.05. The lowest BCUT2D eigenvalue weighted by Gasteiger charge is -2.24. The summed E-state index contributed by atoms with van der Waals surface area (Å²) in [7, 11) is 1.92. The molecule has 1 aromatic rings. The van der Waals surface area contributed by atoms with Crippen LogP contribution in [0.4, 0.5) is 0 Å². The molecule has 0 bridgehead atoms. The van der Waals surface area contributed by atoms with E-state index >= 15 is 0 Å². The van der Waals surface area contributed by atoms with E-state index in [2.05, 4.69) is 30.7 Å². The second-order valence-corrected chi connectivity index (χ2v) is 5.81. The van der Waals surface area contributed by atoms with Gasteiger partial charge in [0.15, 0.2) is 0 Å². The Labute approximate surface area is 115 Å². The largest absolute Gasteiger partial charge is 0.346 e. The topological polar surface area (TPSA) is 37.3 Å². The SMILES string of the molecule is Cc1cc(C(=O)N(C)C2CCNC2)c(C)n1C(C)C. The third-order valence-corrected chi connectivity index (χ3v) is 4.13. The van der Waals surface area contributed by atoms with Crippen molar-refractivity contribution in [3.8, 4) is 0 Å². The molecule has 1 amide bonds.